The molecule has 0 fully saturated rings. The van der Waals surface area contributed by atoms with E-state index in [2.05, 4.69) is 16.4 Å². The zero-order chi connectivity index (χ0) is 19.4. The molecule has 0 aliphatic carbocycles. The fourth-order valence-electron chi connectivity index (χ4n) is 2.80. The number of benzene rings is 1. The van der Waals surface area contributed by atoms with Crippen molar-refractivity contribution in [3.63, 3.8) is 0 Å². The van der Waals surface area contributed by atoms with E-state index < -0.39 is 0 Å². The van der Waals surface area contributed by atoms with Crippen LogP contribution < -0.4 is 14.8 Å². The van der Waals surface area contributed by atoms with Gasteiger partial charge in [-0.3, -0.25) is 4.79 Å². The van der Waals surface area contributed by atoms with Gasteiger partial charge >= 0.3 is 0 Å². The average Bonchev–Trinajstić information content (AvgIpc) is 2.65. The minimum Gasteiger partial charge on any atom is -0.497 e. The molecule has 2 heterocycles. The Balaban J connectivity index is 1.70. The number of rotatable bonds is 5. The van der Waals surface area contributed by atoms with Crippen LogP contribution >= 0.6 is 0 Å². The number of pyridine rings is 1. The first-order valence-electron chi connectivity index (χ1n) is 8.54. The van der Waals surface area contributed by atoms with Crippen molar-refractivity contribution in [3.05, 3.63) is 47.2 Å². The highest BCUT2D eigenvalue weighted by Gasteiger charge is 2.28. The Bertz CT molecular complexity index is 903. The molecule has 0 spiro atoms. The van der Waals surface area contributed by atoms with Crippen LogP contribution in [0.15, 0.2) is 30.3 Å². The van der Waals surface area contributed by atoms with E-state index in [9.17, 15) is 10.1 Å². The monoisotopic (exact) mass is 367 g/mol. The first-order valence-corrected chi connectivity index (χ1v) is 8.54. The number of anilines is 1. The number of carbonyl (C=O) groups excluding carboxylic acids is 1. The molecule has 7 heteroatoms. The van der Waals surface area contributed by atoms with Crippen LogP contribution in [0.2, 0.25) is 0 Å². The summed E-state index contributed by atoms with van der Waals surface area (Å²) in [6, 6.07) is 10.8. The highest BCUT2D eigenvalue weighted by atomic mass is 16.5. The molecule has 0 unspecified atom stereocenters. The summed E-state index contributed by atoms with van der Waals surface area (Å²) in [6.07, 6.45) is 0.612. The van der Waals surface area contributed by atoms with Crippen molar-refractivity contribution >= 4 is 11.6 Å². The Kier molecular flexibility index (Phi) is 5.28. The van der Waals surface area contributed by atoms with Gasteiger partial charge in [-0.25, -0.2) is 4.98 Å². The summed E-state index contributed by atoms with van der Waals surface area (Å²) in [5.41, 5.74) is 2.26. The Morgan fingerprint density at radius 1 is 1.41 bits per heavy atom. The normalized spacial score (nSPS) is 14.6. The van der Waals surface area contributed by atoms with Gasteiger partial charge in [0.2, 0.25) is 5.88 Å². The standard InChI is InChI=1S/C20H21N3O4/c1-20(2)9-17-14(11-27-20)7-13(10-21)19(23-17)26-12-18(24)22-15-5-4-6-16(8-15)25-3/h4-8H,9,11-12H2,1-3H3,(H,22,24). The van der Waals surface area contributed by atoms with Crippen molar-refractivity contribution in [3.8, 4) is 17.7 Å². The number of aromatic nitrogens is 1. The molecule has 0 saturated heterocycles. The summed E-state index contributed by atoms with van der Waals surface area (Å²) in [4.78, 5) is 16.6. The SMILES string of the molecule is COc1cccc(NC(=O)COc2nc3c(cc2C#N)COC(C)(C)C3)c1. The van der Waals surface area contributed by atoms with Crippen LogP contribution in [-0.4, -0.2) is 30.2 Å². The third-order valence-electron chi connectivity index (χ3n) is 4.18. The van der Waals surface area contributed by atoms with Crippen molar-refractivity contribution < 1.29 is 19.0 Å². The van der Waals surface area contributed by atoms with Gasteiger partial charge in [0, 0.05) is 23.7 Å². The molecule has 7 nitrogen and oxygen atoms in total. The minimum absolute atomic E-state index is 0.162. The second kappa shape index (κ2) is 7.64. The zero-order valence-electron chi connectivity index (χ0n) is 15.5. The number of hydrogen-bond acceptors (Lipinski definition) is 6. The number of methoxy groups -OCH3 is 1. The Hall–Kier alpha value is -3.11. The van der Waals surface area contributed by atoms with E-state index in [0.717, 1.165) is 11.3 Å². The van der Waals surface area contributed by atoms with E-state index in [-0.39, 0.29) is 29.6 Å². The maximum Gasteiger partial charge on any atom is 0.262 e. The van der Waals surface area contributed by atoms with E-state index in [1.165, 1.54) is 0 Å². The van der Waals surface area contributed by atoms with Crippen LogP contribution in [0.1, 0.15) is 30.7 Å². The van der Waals surface area contributed by atoms with Gasteiger partial charge < -0.3 is 19.5 Å². The molecular formula is C20H21N3O4. The van der Waals surface area contributed by atoms with Crippen LogP contribution in [0.5, 0.6) is 11.6 Å². The van der Waals surface area contributed by atoms with Crippen molar-refractivity contribution in [1.29, 1.82) is 5.26 Å². The smallest absolute Gasteiger partial charge is 0.262 e. The van der Waals surface area contributed by atoms with Gasteiger partial charge in [-0.2, -0.15) is 5.26 Å². The van der Waals surface area contributed by atoms with Gasteiger partial charge in [0.25, 0.3) is 5.91 Å². The summed E-state index contributed by atoms with van der Waals surface area (Å²) in [5.74, 6) is 0.451. The maximum absolute atomic E-state index is 12.2. The van der Waals surface area contributed by atoms with E-state index in [1.807, 2.05) is 13.8 Å². The fourth-order valence-corrected chi connectivity index (χ4v) is 2.80. The van der Waals surface area contributed by atoms with Crippen molar-refractivity contribution in [2.75, 3.05) is 19.0 Å². The van der Waals surface area contributed by atoms with Gasteiger partial charge in [-0.1, -0.05) is 6.07 Å². The number of amides is 1. The summed E-state index contributed by atoms with van der Waals surface area (Å²) in [7, 11) is 1.56. The molecule has 0 atom stereocenters. The second-order valence-corrected chi connectivity index (χ2v) is 6.85. The van der Waals surface area contributed by atoms with Crippen LogP contribution in [0.4, 0.5) is 5.69 Å². The Labute approximate surface area is 157 Å². The van der Waals surface area contributed by atoms with Crippen molar-refractivity contribution in [2.45, 2.75) is 32.5 Å². The molecular weight excluding hydrogens is 346 g/mol. The van der Waals surface area contributed by atoms with Gasteiger partial charge in [0.15, 0.2) is 6.61 Å². The van der Waals surface area contributed by atoms with E-state index in [4.69, 9.17) is 14.2 Å². The van der Waals surface area contributed by atoms with Crippen LogP contribution in [0.25, 0.3) is 0 Å². The Morgan fingerprint density at radius 3 is 2.96 bits per heavy atom. The molecule has 0 bridgehead atoms. The first-order chi connectivity index (χ1) is 12.9. The highest BCUT2D eigenvalue weighted by molar-refractivity contribution is 5.92. The lowest BCUT2D eigenvalue weighted by Crippen LogP contribution is -2.32. The van der Waals surface area contributed by atoms with Crippen LogP contribution in [0.3, 0.4) is 0 Å². The lowest BCUT2D eigenvalue weighted by molar-refractivity contribution is -0.118. The number of carbonyl (C=O) groups is 1. The first kappa shape index (κ1) is 18.7. The summed E-state index contributed by atoms with van der Waals surface area (Å²) < 4.78 is 16.4. The summed E-state index contributed by atoms with van der Waals surface area (Å²) in [5, 5.41) is 12.1. The average molecular weight is 367 g/mol. The molecule has 1 aromatic carbocycles. The number of fused-ring (bicyclic) bond motifs is 1. The Morgan fingerprint density at radius 2 is 2.22 bits per heavy atom. The van der Waals surface area contributed by atoms with Crippen molar-refractivity contribution in [1.82, 2.24) is 4.98 Å². The molecule has 3 rings (SSSR count). The molecule has 0 radical (unpaired) electrons. The van der Waals surface area contributed by atoms with E-state index in [0.29, 0.717) is 24.5 Å². The fraction of sp³-hybridized carbons (Fsp3) is 0.350. The van der Waals surface area contributed by atoms with Gasteiger partial charge in [-0.15, -0.1) is 0 Å². The predicted octanol–water partition coefficient (Wildman–Crippen LogP) is 2.83. The zero-order valence-corrected chi connectivity index (χ0v) is 15.5. The van der Waals surface area contributed by atoms with E-state index in [1.54, 1.807) is 37.4 Å². The van der Waals surface area contributed by atoms with Crippen LogP contribution in [0, 0.1) is 11.3 Å². The number of nitriles is 1. The predicted molar refractivity (Wildman–Crippen MR) is 98.6 cm³/mol. The third-order valence-corrected chi connectivity index (χ3v) is 4.18. The third kappa shape index (κ3) is 4.54. The minimum atomic E-state index is -0.352. The molecule has 1 amide bonds. The molecule has 1 aromatic heterocycles. The lowest BCUT2D eigenvalue weighted by atomic mass is 9.95. The molecule has 27 heavy (non-hydrogen) atoms. The summed E-state index contributed by atoms with van der Waals surface area (Å²) in [6.45, 7) is 4.12. The van der Waals surface area contributed by atoms with Crippen molar-refractivity contribution in [2.24, 2.45) is 0 Å². The van der Waals surface area contributed by atoms with Crippen LogP contribution in [-0.2, 0) is 22.6 Å². The van der Waals surface area contributed by atoms with Gasteiger partial charge in [-0.05, 0) is 32.0 Å². The molecule has 1 aliphatic heterocycles. The second-order valence-electron chi connectivity index (χ2n) is 6.85. The maximum atomic E-state index is 12.2. The molecule has 2 aromatic rings. The van der Waals surface area contributed by atoms with E-state index >= 15 is 0 Å². The summed E-state index contributed by atoms with van der Waals surface area (Å²) >= 11 is 0. The highest BCUT2D eigenvalue weighted by Crippen LogP contribution is 2.30. The number of nitrogens with zero attached hydrogens (tertiary/aromatic N) is 2. The largest absolute Gasteiger partial charge is 0.497 e. The van der Waals surface area contributed by atoms with Gasteiger partial charge in [0.1, 0.15) is 17.4 Å². The lowest BCUT2D eigenvalue weighted by Gasteiger charge is -2.31. The molecule has 1 aliphatic rings. The molecule has 0 saturated carbocycles. The molecule has 1 N–H and O–H groups in total. The topological polar surface area (TPSA) is 93.5 Å². The van der Waals surface area contributed by atoms with Gasteiger partial charge in [0.05, 0.1) is 25.0 Å². The number of nitrogens with one attached hydrogen (secondary N) is 1. The molecule has 140 valence electrons. The quantitative estimate of drug-likeness (QED) is 0.873. The number of hydrogen-bond donors (Lipinski definition) is 1. The number of ether oxygens (including phenoxy) is 3.